The fraction of sp³-hybridized carbons (Fsp3) is 0. The zero-order valence-electron chi connectivity index (χ0n) is 10.2. The predicted molar refractivity (Wildman–Crippen MR) is 74.4 cm³/mol. The summed E-state index contributed by atoms with van der Waals surface area (Å²) in [6.45, 7) is 0. The summed E-state index contributed by atoms with van der Waals surface area (Å²) in [5.41, 5.74) is 6.10. The summed E-state index contributed by atoms with van der Waals surface area (Å²) in [6, 6.07) is 8.25. The smallest absolute Gasteiger partial charge is 0.323 e. The summed E-state index contributed by atoms with van der Waals surface area (Å²) in [7, 11) is 0. The van der Waals surface area contributed by atoms with E-state index < -0.39 is 11.0 Å². The van der Waals surface area contributed by atoms with Crippen LogP contribution in [0.2, 0.25) is 0 Å². The third-order valence-corrected chi connectivity index (χ3v) is 2.36. The minimum atomic E-state index is -0.535. The van der Waals surface area contributed by atoms with Gasteiger partial charge in [0.05, 0.1) is 16.8 Å². The van der Waals surface area contributed by atoms with Crippen LogP contribution in [-0.2, 0) is 0 Å². The fourth-order valence-electron chi connectivity index (χ4n) is 1.47. The molecule has 20 heavy (non-hydrogen) atoms. The van der Waals surface area contributed by atoms with Crippen molar-refractivity contribution in [2.45, 2.75) is 0 Å². The molecular formula is C12H11N5O3. The lowest BCUT2D eigenvalue weighted by Crippen LogP contribution is -2.19. The summed E-state index contributed by atoms with van der Waals surface area (Å²) in [6.07, 6.45) is 1.41. The molecule has 0 unspecified atom stereocenters. The van der Waals surface area contributed by atoms with Gasteiger partial charge < -0.3 is 16.4 Å². The second kappa shape index (κ2) is 5.65. The van der Waals surface area contributed by atoms with E-state index in [9.17, 15) is 14.9 Å². The molecule has 0 saturated carbocycles. The van der Waals surface area contributed by atoms with E-state index >= 15 is 0 Å². The highest BCUT2D eigenvalue weighted by atomic mass is 16.6. The van der Waals surface area contributed by atoms with Crippen LogP contribution in [0.1, 0.15) is 0 Å². The zero-order chi connectivity index (χ0) is 14.5. The van der Waals surface area contributed by atoms with Crippen LogP contribution in [0, 0.1) is 10.1 Å². The zero-order valence-corrected chi connectivity index (χ0v) is 10.2. The standard InChI is InChI=1S/C12H11N5O3/c13-11-5-4-9(7-14-11)16-12(18)15-8-2-1-3-10(6-8)17(19)20/h1-7H,(H2,13,14)(H2,15,16,18). The van der Waals surface area contributed by atoms with Crippen LogP contribution in [0.15, 0.2) is 42.6 Å². The van der Waals surface area contributed by atoms with Crippen molar-refractivity contribution in [1.29, 1.82) is 0 Å². The fourth-order valence-corrected chi connectivity index (χ4v) is 1.47. The van der Waals surface area contributed by atoms with E-state index in [4.69, 9.17) is 5.73 Å². The number of nitro groups is 1. The number of hydrogen-bond acceptors (Lipinski definition) is 5. The Bertz CT molecular complexity index is 642. The van der Waals surface area contributed by atoms with Gasteiger partial charge in [-0.2, -0.15) is 0 Å². The van der Waals surface area contributed by atoms with Gasteiger partial charge in [0.15, 0.2) is 0 Å². The number of carbonyl (C=O) groups is 1. The monoisotopic (exact) mass is 273 g/mol. The van der Waals surface area contributed by atoms with Crippen LogP contribution >= 0.6 is 0 Å². The van der Waals surface area contributed by atoms with Crippen LogP contribution < -0.4 is 16.4 Å². The summed E-state index contributed by atoms with van der Waals surface area (Å²) >= 11 is 0. The lowest BCUT2D eigenvalue weighted by Gasteiger charge is -2.07. The number of nitrogen functional groups attached to an aromatic ring is 1. The molecule has 0 aliphatic rings. The average Bonchev–Trinajstić information content (AvgIpc) is 2.41. The normalized spacial score (nSPS) is 9.80. The summed E-state index contributed by atoms with van der Waals surface area (Å²) < 4.78 is 0. The maximum atomic E-state index is 11.7. The number of anilines is 3. The molecule has 2 rings (SSSR count). The average molecular weight is 273 g/mol. The first kappa shape index (κ1) is 13.3. The van der Waals surface area contributed by atoms with Crippen molar-refractivity contribution >= 4 is 28.9 Å². The van der Waals surface area contributed by atoms with E-state index in [2.05, 4.69) is 15.6 Å². The number of pyridine rings is 1. The Hall–Kier alpha value is -3.16. The molecule has 8 nitrogen and oxygen atoms in total. The quantitative estimate of drug-likeness (QED) is 0.584. The molecule has 0 saturated heterocycles. The first-order chi connectivity index (χ1) is 9.54. The Balaban J connectivity index is 2.02. The number of rotatable bonds is 3. The molecule has 0 radical (unpaired) electrons. The highest BCUT2D eigenvalue weighted by Gasteiger charge is 2.08. The van der Waals surface area contributed by atoms with Gasteiger partial charge in [-0.05, 0) is 18.2 Å². The molecule has 0 aliphatic carbocycles. The molecular weight excluding hydrogens is 262 g/mol. The molecule has 2 amide bonds. The predicted octanol–water partition coefficient (Wildman–Crippen LogP) is 2.22. The van der Waals surface area contributed by atoms with Crippen molar-refractivity contribution in [3.05, 3.63) is 52.7 Å². The van der Waals surface area contributed by atoms with Gasteiger partial charge in [-0.3, -0.25) is 10.1 Å². The van der Waals surface area contributed by atoms with Gasteiger partial charge in [0, 0.05) is 17.8 Å². The van der Waals surface area contributed by atoms with Gasteiger partial charge in [0.1, 0.15) is 5.82 Å². The minimum Gasteiger partial charge on any atom is -0.384 e. The Morgan fingerprint density at radius 3 is 2.60 bits per heavy atom. The third kappa shape index (κ3) is 3.42. The Kier molecular flexibility index (Phi) is 3.75. The molecule has 0 spiro atoms. The Morgan fingerprint density at radius 2 is 1.95 bits per heavy atom. The number of nitrogens with two attached hydrogens (primary N) is 1. The number of nitrogens with one attached hydrogen (secondary N) is 2. The van der Waals surface area contributed by atoms with Gasteiger partial charge in [-0.1, -0.05) is 6.07 Å². The molecule has 1 aromatic carbocycles. The molecule has 2 aromatic rings. The van der Waals surface area contributed by atoms with E-state index in [1.807, 2.05) is 0 Å². The SMILES string of the molecule is Nc1ccc(NC(=O)Nc2cccc([N+](=O)[O-])c2)cn1. The van der Waals surface area contributed by atoms with Crippen molar-refractivity contribution in [2.24, 2.45) is 0 Å². The molecule has 8 heteroatoms. The van der Waals surface area contributed by atoms with Crippen molar-refractivity contribution in [3.63, 3.8) is 0 Å². The number of amides is 2. The number of non-ortho nitro benzene ring substituents is 1. The summed E-state index contributed by atoms with van der Waals surface area (Å²) in [5, 5.41) is 15.6. The van der Waals surface area contributed by atoms with Gasteiger partial charge in [-0.15, -0.1) is 0 Å². The summed E-state index contributed by atoms with van der Waals surface area (Å²) in [5.74, 6) is 0.342. The van der Waals surface area contributed by atoms with Crippen molar-refractivity contribution < 1.29 is 9.72 Å². The van der Waals surface area contributed by atoms with Crippen molar-refractivity contribution in [2.75, 3.05) is 16.4 Å². The molecule has 1 heterocycles. The van der Waals surface area contributed by atoms with E-state index in [1.54, 1.807) is 18.2 Å². The van der Waals surface area contributed by atoms with Crippen LogP contribution in [0.5, 0.6) is 0 Å². The van der Waals surface area contributed by atoms with Crippen LogP contribution in [0.3, 0.4) is 0 Å². The minimum absolute atomic E-state index is 0.100. The second-order valence-corrected chi connectivity index (χ2v) is 3.86. The summed E-state index contributed by atoms with van der Waals surface area (Å²) in [4.78, 5) is 25.6. The maximum Gasteiger partial charge on any atom is 0.323 e. The number of aromatic nitrogens is 1. The van der Waals surface area contributed by atoms with Gasteiger partial charge >= 0.3 is 6.03 Å². The number of benzene rings is 1. The topological polar surface area (TPSA) is 123 Å². The molecule has 0 aliphatic heterocycles. The van der Waals surface area contributed by atoms with Crippen LogP contribution in [-0.4, -0.2) is 15.9 Å². The molecule has 102 valence electrons. The first-order valence-electron chi connectivity index (χ1n) is 5.58. The molecule has 0 fully saturated rings. The largest absolute Gasteiger partial charge is 0.384 e. The number of nitro benzene ring substituents is 1. The Morgan fingerprint density at radius 1 is 1.20 bits per heavy atom. The van der Waals surface area contributed by atoms with Gasteiger partial charge in [0.2, 0.25) is 0 Å². The van der Waals surface area contributed by atoms with E-state index in [0.717, 1.165) is 0 Å². The lowest BCUT2D eigenvalue weighted by molar-refractivity contribution is -0.384. The number of urea groups is 1. The van der Waals surface area contributed by atoms with Crippen LogP contribution in [0.4, 0.5) is 27.7 Å². The first-order valence-corrected chi connectivity index (χ1v) is 5.58. The number of carbonyl (C=O) groups excluding carboxylic acids is 1. The van der Waals surface area contributed by atoms with Crippen molar-refractivity contribution in [3.8, 4) is 0 Å². The lowest BCUT2D eigenvalue weighted by atomic mass is 10.3. The highest BCUT2D eigenvalue weighted by molar-refractivity contribution is 5.99. The molecule has 0 bridgehead atoms. The highest BCUT2D eigenvalue weighted by Crippen LogP contribution is 2.17. The molecule has 0 atom stereocenters. The van der Waals surface area contributed by atoms with Crippen molar-refractivity contribution in [1.82, 2.24) is 4.98 Å². The van der Waals surface area contributed by atoms with Gasteiger partial charge in [0.25, 0.3) is 5.69 Å². The molecule has 4 N–H and O–H groups in total. The van der Waals surface area contributed by atoms with E-state index in [0.29, 0.717) is 17.2 Å². The van der Waals surface area contributed by atoms with Gasteiger partial charge in [-0.25, -0.2) is 9.78 Å². The van der Waals surface area contributed by atoms with Crippen LogP contribution in [0.25, 0.3) is 0 Å². The number of nitrogens with zero attached hydrogens (tertiary/aromatic N) is 2. The molecule has 1 aromatic heterocycles. The number of hydrogen-bond donors (Lipinski definition) is 3. The maximum absolute atomic E-state index is 11.7. The second-order valence-electron chi connectivity index (χ2n) is 3.86. The van der Waals surface area contributed by atoms with E-state index in [1.165, 1.54) is 24.4 Å². The van der Waals surface area contributed by atoms with E-state index in [-0.39, 0.29) is 5.69 Å². The third-order valence-electron chi connectivity index (χ3n) is 2.36. The Labute approximate surface area is 113 Å².